The fourth-order valence-electron chi connectivity index (χ4n) is 1.65. The van der Waals surface area contributed by atoms with Crippen LogP contribution < -0.4 is 5.73 Å². The molecule has 1 saturated heterocycles. The number of carboxylic acids is 1. The van der Waals surface area contributed by atoms with Crippen LogP contribution in [0.2, 0.25) is 0 Å². The molecule has 1 aliphatic heterocycles. The van der Waals surface area contributed by atoms with Gasteiger partial charge < -0.3 is 15.9 Å². The molecule has 0 saturated carbocycles. The number of nitrogens with zero attached hydrogens (tertiary/aromatic N) is 1. The van der Waals surface area contributed by atoms with Gasteiger partial charge in [0.05, 0.1) is 11.9 Å². The summed E-state index contributed by atoms with van der Waals surface area (Å²) in [6.07, 6.45) is 0.299. The summed E-state index contributed by atoms with van der Waals surface area (Å²) in [5, 5.41) is 17.8. The van der Waals surface area contributed by atoms with E-state index < -0.39 is 28.1 Å². The summed E-state index contributed by atoms with van der Waals surface area (Å²) >= 11 is 0. The molecule has 0 bridgehead atoms. The third-order valence-corrected chi connectivity index (χ3v) is 4.72. The molecule has 0 spiro atoms. The molecule has 8 heteroatoms. The highest BCUT2D eigenvalue weighted by Gasteiger charge is 2.28. The maximum absolute atomic E-state index is 11.8. The van der Waals surface area contributed by atoms with E-state index in [0.29, 0.717) is 12.8 Å². The van der Waals surface area contributed by atoms with Gasteiger partial charge in [0, 0.05) is 13.1 Å². The van der Waals surface area contributed by atoms with E-state index in [-0.39, 0.29) is 25.3 Å². The van der Waals surface area contributed by atoms with Crippen LogP contribution in [0.1, 0.15) is 19.3 Å². The van der Waals surface area contributed by atoms with Crippen molar-refractivity contribution in [2.75, 3.05) is 18.8 Å². The Bertz CT molecular complexity index is 362. The lowest BCUT2D eigenvalue weighted by atomic mass is 10.1. The summed E-state index contributed by atoms with van der Waals surface area (Å²) in [6, 6.07) is -1.15. The molecule has 1 atom stereocenters. The molecule has 0 amide bonds. The van der Waals surface area contributed by atoms with Crippen molar-refractivity contribution in [3.63, 3.8) is 0 Å². The second-order valence-electron chi connectivity index (χ2n) is 4.18. The molecule has 1 heterocycles. The number of carboxylic acid groups (broad SMARTS) is 1. The predicted molar refractivity (Wildman–Crippen MR) is 60.8 cm³/mol. The van der Waals surface area contributed by atoms with Crippen molar-refractivity contribution < 1.29 is 23.4 Å². The normalized spacial score (nSPS) is 21.3. The molecule has 1 aliphatic rings. The first-order chi connectivity index (χ1) is 7.83. The van der Waals surface area contributed by atoms with Gasteiger partial charge in [0.2, 0.25) is 10.0 Å². The van der Waals surface area contributed by atoms with E-state index >= 15 is 0 Å². The fourth-order valence-corrected chi connectivity index (χ4v) is 3.23. The lowest BCUT2D eigenvalue weighted by Gasteiger charge is -2.28. The highest BCUT2D eigenvalue weighted by molar-refractivity contribution is 7.89. The highest BCUT2D eigenvalue weighted by atomic mass is 32.2. The first-order valence-electron chi connectivity index (χ1n) is 5.47. The van der Waals surface area contributed by atoms with Gasteiger partial charge in [-0.3, -0.25) is 4.79 Å². The second kappa shape index (κ2) is 5.76. The van der Waals surface area contributed by atoms with Gasteiger partial charge in [0.25, 0.3) is 0 Å². The minimum Gasteiger partial charge on any atom is -0.480 e. The Morgan fingerprint density at radius 1 is 1.41 bits per heavy atom. The Morgan fingerprint density at radius 2 is 1.94 bits per heavy atom. The number of hydrogen-bond acceptors (Lipinski definition) is 5. The number of piperidine rings is 1. The van der Waals surface area contributed by atoms with Crippen molar-refractivity contribution in [3.8, 4) is 0 Å². The van der Waals surface area contributed by atoms with Gasteiger partial charge in [0.15, 0.2) is 0 Å². The zero-order valence-corrected chi connectivity index (χ0v) is 10.3. The topological polar surface area (TPSA) is 121 Å². The van der Waals surface area contributed by atoms with E-state index in [4.69, 9.17) is 10.8 Å². The number of hydrogen-bond donors (Lipinski definition) is 3. The van der Waals surface area contributed by atoms with Crippen LogP contribution >= 0.6 is 0 Å². The van der Waals surface area contributed by atoms with Gasteiger partial charge in [0.1, 0.15) is 6.04 Å². The van der Waals surface area contributed by atoms with Crippen molar-refractivity contribution in [2.24, 2.45) is 5.73 Å². The van der Waals surface area contributed by atoms with Crippen LogP contribution in [0.5, 0.6) is 0 Å². The Hall–Kier alpha value is -0.700. The van der Waals surface area contributed by atoms with Crippen molar-refractivity contribution in [1.29, 1.82) is 0 Å². The van der Waals surface area contributed by atoms with E-state index in [1.54, 1.807) is 0 Å². The quantitative estimate of drug-likeness (QED) is 0.561. The highest BCUT2D eigenvalue weighted by Crippen LogP contribution is 2.15. The van der Waals surface area contributed by atoms with Gasteiger partial charge in [-0.15, -0.1) is 0 Å². The van der Waals surface area contributed by atoms with Crippen molar-refractivity contribution in [2.45, 2.75) is 31.4 Å². The van der Waals surface area contributed by atoms with Crippen LogP contribution in [-0.2, 0) is 14.8 Å². The zero-order chi connectivity index (χ0) is 13.1. The zero-order valence-electron chi connectivity index (χ0n) is 9.45. The maximum Gasteiger partial charge on any atom is 0.320 e. The monoisotopic (exact) mass is 266 g/mol. The summed E-state index contributed by atoms with van der Waals surface area (Å²) in [5.41, 5.74) is 5.25. The minimum absolute atomic E-state index is 0.100. The Morgan fingerprint density at radius 3 is 2.41 bits per heavy atom. The molecule has 1 rings (SSSR count). The van der Waals surface area contributed by atoms with Crippen LogP contribution in [0.3, 0.4) is 0 Å². The number of rotatable bonds is 5. The molecule has 7 nitrogen and oxygen atoms in total. The van der Waals surface area contributed by atoms with E-state index in [1.807, 2.05) is 0 Å². The molecule has 0 aromatic rings. The standard InChI is InChI=1S/C9H18N2O5S/c10-8(9(13)14)3-6-17(15,16)11-4-1-7(12)2-5-11/h7-8,12H,1-6,10H2,(H,13,14). The Kier molecular flexibility index (Phi) is 4.87. The van der Waals surface area contributed by atoms with Crippen LogP contribution in [0.15, 0.2) is 0 Å². The maximum atomic E-state index is 11.8. The number of aliphatic hydroxyl groups is 1. The largest absolute Gasteiger partial charge is 0.480 e. The van der Waals surface area contributed by atoms with Gasteiger partial charge >= 0.3 is 5.97 Å². The molecule has 1 unspecified atom stereocenters. The van der Waals surface area contributed by atoms with Gasteiger partial charge in [-0.05, 0) is 19.3 Å². The van der Waals surface area contributed by atoms with E-state index in [0.717, 1.165) is 0 Å². The summed E-state index contributed by atoms with van der Waals surface area (Å²) in [6.45, 7) is 0.567. The molecule has 0 aliphatic carbocycles. The van der Waals surface area contributed by atoms with E-state index in [2.05, 4.69) is 0 Å². The summed E-state index contributed by atoms with van der Waals surface area (Å²) < 4.78 is 24.9. The van der Waals surface area contributed by atoms with Crippen molar-refractivity contribution in [1.82, 2.24) is 4.31 Å². The Balaban J connectivity index is 2.48. The van der Waals surface area contributed by atoms with Crippen LogP contribution in [-0.4, -0.2) is 59.9 Å². The molecular weight excluding hydrogens is 248 g/mol. The third kappa shape index (κ3) is 4.23. The average molecular weight is 266 g/mol. The number of sulfonamides is 1. The molecular formula is C9H18N2O5S. The average Bonchev–Trinajstić information content (AvgIpc) is 2.26. The number of aliphatic hydroxyl groups excluding tert-OH is 1. The minimum atomic E-state index is -3.46. The van der Waals surface area contributed by atoms with Gasteiger partial charge in [-0.25, -0.2) is 12.7 Å². The summed E-state index contributed by atoms with van der Waals surface area (Å²) in [4.78, 5) is 10.5. The van der Waals surface area contributed by atoms with Gasteiger partial charge in [-0.1, -0.05) is 0 Å². The summed E-state index contributed by atoms with van der Waals surface area (Å²) in [7, 11) is -3.46. The van der Waals surface area contributed by atoms with E-state index in [1.165, 1.54) is 4.31 Å². The molecule has 4 N–H and O–H groups in total. The van der Waals surface area contributed by atoms with Gasteiger partial charge in [-0.2, -0.15) is 0 Å². The summed E-state index contributed by atoms with van der Waals surface area (Å²) in [5.74, 6) is -1.47. The first kappa shape index (κ1) is 14.4. The lowest BCUT2D eigenvalue weighted by molar-refractivity contribution is -0.138. The molecule has 17 heavy (non-hydrogen) atoms. The number of aliphatic carboxylic acids is 1. The lowest BCUT2D eigenvalue weighted by Crippen LogP contribution is -2.42. The van der Waals surface area contributed by atoms with Crippen LogP contribution in [0, 0.1) is 0 Å². The fraction of sp³-hybridized carbons (Fsp3) is 0.889. The second-order valence-corrected chi connectivity index (χ2v) is 6.27. The van der Waals surface area contributed by atoms with Crippen LogP contribution in [0.25, 0.3) is 0 Å². The molecule has 0 aromatic carbocycles. The van der Waals surface area contributed by atoms with Crippen molar-refractivity contribution in [3.05, 3.63) is 0 Å². The number of nitrogens with two attached hydrogens (primary N) is 1. The molecule has 100 valence electrons. The molecule has 1 fully saturated rings. The smallest absolute Gasteiger partial charge is 0.320 e. The first-order valence-corrected chi connectivity index (χ1v) is 7.08. The molecule has 0 aromatic heterocycles. The van der Waals surface area contributed by atoms with Crippen molar-refractivity contribution >= 4 is 16.0 Å². The van der Waals surface area contributed by atoms with E-state index in [9.17, 15) is 18.3 Å². The number of carbonyl (C=O) groups is 1. The van der Waals surface area contributed by atoms with Crippen LogP contribution in [0.4, 0.5) is 0 Å². The SMILES string of the molecule is NC(CCS(=O)(=O)N1CCC(O)CC1)C(=O)O. The third-order valence-electron chi connectivity index (χ3n) is 2.82. The predicted octanol–water partition coefficient (Wildman–Crippen LogP) is -1.43. The Labute approximate surface area is 100 Å². The molecule has 0 radical (unpaired) electrons.